The van der Waals surface area contributed by atoms with Crippen molar-refractivity contribution in [2.75, 3.05) is 20.2 Å². The number of likely N-dealkylation sites (tertiary alicyclic amines) is 1. The van der Waals surface area contributed by atoms with E-state index in [0.717, 1.165) is 0 Å². The minimum atomic E-state index is -0.868. The van der Waals surface area contributed by atoms with Crippen LogP contribution < -0.4 is 4.74 Å². The summed E-state index contributed by atoms with van der Waals surface area (Å²) in [5.74, 6) is -1.31. The first-order valence-electron chi connectivity index (χ1n) is 5.14. The standard InChI is InChI=1S/C11H12N2O4/c1-17-9-8(3-2-4-12-9)10(14)13-5-7(6-13)11(15)16/h2-4,7H,5-6H2,1H3,(H,15,16). The highest BCUT2D eigenvalue weighted by atomic mass is 16.5. The molecule has 0 spiro atoms. The fraction of sp³-hybridized carbons (Fsp3) is 0.364. The molecule has 1 fully saturated rings. The first-order chi connectivity index (χ1) is 8.13. The lowest BCUT2D eigenvalue weighted by Crippen LogP contribution is -2.53. The van der Waals surface area contributed by atoms with Crippen LogP contribution in [0.3, 0.4) is 0 Å². The van der Waals surface area contributed by atoms with Crippen LogP contribution in [0.15, 0.2) is 18.3 Å². The van der Waals surface area contributed by atoms with Crippen LogP contribution in [0.4, 0.5) is 0 Å². The Balaban J connectivity index is 2.09. The maximum Gasteiger partial charge on any atom is 0.310 e. The quantitative estimate of drug-likeness (QED) is 0.813. The molecule has 0 radical (unpaired) electrons. The number of rotatable bonds is 3. The van der Waals surface area contributed by atoms with Crippen molar-refractivity contribution in [2.45, 2.75) is 0 Å². The van der Waals surface area contributed by atoms with Crippen LogP contribution in [-0.4, -0.2) is 47.1 Å². The first kappa shape index (κ1) is 11.4. The molecule has 0 saturated carbocycles. The number of aromatic nitrogens is 1. The number of carbonyl (C=O) groups excluding carboxylic acids is 1. The van der Waals surface area contributed by atoms with E-state index >= 15 is 0 Å². The predicted octanol–water partition coefficient (Wildman–Crippen LogP) is 0.247. The molecular formula is C11H12N2O4. The van der Waals surface area contributed by atoms with Crippen LogP contribution in [-0.2, 0) is 4.79 Å². The number of carboxylic acid groups (broad SMARTS) is 1. The lowest BCUT2D eigenvalue weighted by atomic mass is 9.99. The van der Waals surface area contributed by atoms with E-state index in [1.807, 2.05) is 0 Å². The van der Waals surface area contributed by atoms with Gasteiger partial charge in [-0.15, -0.1) is 0 Å². The third kappa shape index (κ3) is 2.06. The number of pyridine rings is 1. The van der Waals surface area contributed by atoms with E-state index < -0.39 is 11.9 Å². The van der Waals surface area contributed by atoms with Crippen molar-refractivity contribution in [3.8, 4) is 5.88 Å². The zero-order valence-electron chi connectivity index (χ0n) is 9.29. The van der Waals surface area contributed by atoms with Crippen molar-refractivity contribution in [3.05, 3.63) is 23.9 Å². The number of amides is 1. The smallest absolute Gasteiger partial charge is 0.310 e. The zero-order chi connectivity index (χ0) is 12.4. The van der Waals surface area contributed by atoms with Crippen LogP contribution in [0.2, 0.25) is 0 Å². The van der Waals surface area contributed by atoms with Crippen LogP contribution in [0, 0.1) is 5.92 Å². The second kappa shape index (κ2) is 4.40. The summed E-state index contributed by atoms with van der Waals surface area (Å²) < 4.78 is 4.98. The summed E-state index contributed by atoms with van der Waals surface area (Å²) in [5, 5.41) is 8.73. The van der Waals surface area contributed by atoms with E-state index in [9.17, 15) is 9.59 Å². The van der Waals surface area contributed by atoms with E-state index in [-0.39, 0.29) is 24.9 Å². The fourth-order valence-corrected chi connectivity index (χ4v) is 1.69. The number of hydrogen-bond acceptors (Lipinski definition) is 4. The second-order valence-corrected chi connectivity index (χ2v) is 3.81. The molecule has 0 atom stereocenters. The average Bonchev–Trinajstić information content (AvgIpc) is 2.26. The molecule has 1 aliphatic rings. The third-order valence-corrected chi connectivity index (χ3v) is 2.71. The summed E-state index contributed by atoms with van der Waals surface area (Å²) >= 11 is 0. The van der Waals surface area contributed by atoms with Crippen LogP contribution in [0.5, 0.6) is 5.88 Å². The summed E-state index contributed by atoms with van der Waals surface area (Å²) in [6.07, 6.45) is 1.53. The molecule has 90 valence electrons. The van der Waals surface area contributed by atoms with E-state index in [0.29, 0.717) is 5.56 Å². The summed E-state index contributed by atoms with van der Waals surface area (Å²) in [5.41, 5.74) is 0.360. The number of methoxy groups -OCH3 is 1. The molecule has 0 bridgehead atoms. The Kier molecular flexibility index (Phi) is 2.95. The Hall–Kier alpha value is -2.11. The lowest BCUT2D eigenvalue weighted by Gasteiger charge is -2.36. The summed E-state index contributed by atoms with van der Waals surface area (Å²) in [6, 6.07) is 3.26. The number of ether oxygens (including phenoxy) is 1. The molecule has 0 aromatic carbocycles. The van der Waals surface area contributed by atoms with Crippen molar-refractivity contribution in [3.63, 3.8) is 0 Å². The highest BCUT2D eigenvalue weighted by Gasteiger charge is 2.36. The van der Waals surface area contributed by atoms with Gasteiger partial charge in [-0.1, -0.05) is 0 Å². The van der Waals surface area contributed by atoms with Crippen molar-refractivity contribution >= 4 is 11.9 Å². The highest BCUT2D eigenvalue weighted by Crippen LogP contribution is 2.22. The molecule has 1 aromatic rings. The van der Waals surface area contributed by atoms with Crippen LogP contribution >= 0.6 is 0 Å². The maximum atomic E-state index is 12.0. The van der Waals surface area contributed by atoms with Crippen molar-refractivity contribution in [1.29, 1.82) is 0 Å². The van der Waals surface area contributed by atoms with Gasteiger partial charge in [0.2, 0.25) is 5.88 Å². The number of carboxylic acids is 1. The van der Waals surface area contributed by atoms with Crippen LogP contribution in [0.1, 0.15) is 10.4 Å². The van der Waals surface area contributed by atoms with Gasteiger partial charge < -0.3 is 14.7 Å². The molecule has 1 N–H and O–H groups in total. The topological polar surface area (TPSA) is 79.7 Å². The van der Waals surface area contributed by atoms with E-state index in [2.05, 4.69) is 4.98 Å². The Morgan fingerprint density at radius 1 is 1.53 bits per heavy atom. The zero-order valence-corrected chi connectivity index (χ0v) is 9.29. The van der Waals surface area contributed by atoms with Gasteiger partial charge in [0.1, 0.15) is 5.56 Å². The van der Waals surface area contributed by atoms with Gasteiger partial charge in [0.25, 0.3) is 5.91 Å². The van der Waals surface area contributed by atoms with Gasteiger partial charge in [-0.25, -0.2) is 4.98 Å². The third-order valence-electron chi connectivity index (χ3n) is 2.71. The average molecular weight is 236 g/mol. The minimum absolute atomic E-state index is 0.242. The lowest BCUT2D eigenvalue weighted by molar-refractivity contribution is -0.146. The van der Waals surface area contributed by atoms with Crippen molar-refractivity contribution in [2.24, 2.45) is 5.92 Å². The monoisotopic (exact) mass is 236 g/mol. The Morgan fingerprint density at radius 2 is 2.24 bits per heavy atom. The number of aliphatic carboxylic acids is 1. The normalized spacial score (nSPS) is 15.2. The summed E-state index contributed by atoms with van der Waals surface area (Å²) in [4.78, 5) is 28.0. The first-order valence-corrected chi connectivity index (χ1v) is 5.14. The Bertz CT molecular complexity index is 455. The largest absolute Gasteiger partial charge is 0.481 e. The molecule has 1 saturated heterocycles. The molecule has 1 aromatic heterocycles. The van der Waals surface area contributed by atoms with E-state index in [1.54, 1.807) is 12.1 Å². The Labute approximate surface area is 97.8 Å². The van der Waals surface area contributed by atoms with Gasteiger partial charge >= 0.3 is 5.97 Å². The molecule has 0 unspecified atom stereocenters. The summed E-state index contributed by atoms with van der Waals surface area (Å²) in [6.45, 7) is 0.485. The van der Waals surface area contributed by atoms with Gasteiger partial charge in [0.05, 0.1) is 13.0 Å². The van der Waals surface area contributed by atoms with Gasteiger partial charge in [-0.3, -0.25) is 9.59 Å². The summed E-state index contributed by atoms with van der Waals surface area (Å²) in [7, 11) is 1.44. The molecule has 6 nitrogen and oxygen atoms in total. The molecule has 17 heavy (non-hydrogen) atoms. The molecule has 2 rings (SSSR count). The predicted molar refractivity (Wildman–Crippen MR) is 57.8 cm³/mol. The molecule has 6 heteroatoms. The SMILES string of the molecule is COc1ncccc1C(=O)N1CC(C(=O)O)C1. The molecule has 0 aliphatic carbocycles. The fourth-order valence-electron chi connectivity index (χ4n) is 1.69. The maximum absolute atomic E-state index is 12.0. The number of hydrogen-bond donors (Lipinski definition) is 1. The van der Waals surface area contributed by atoms with Crippen LogP contribution in [0.25, 0.3) is 0 Å². The van der Waals surface area contributed by atoms with E-state index in [4.69, 9.17) is 9.84 Å². The molecule has 1 amide bonds. The van der Waals surface area contributed by atoms with E-state index in [1.165, 1.54) is 18.2 Å². The number of nitrogens with zero attached hydrogens (tertiary/aromatic N) is 2. The van der Waals surface area contributed by atoms with Gasteiger partial charge in [-0.05, 0) is 12.1 Å². The van der Waals surface area contributed by atoms with Gasteiger partial charge in [-0.2, -0.15) is 0 Å². The number of carbonyl (C=O) groups is 2. The molecule has 2 heterocycles. The molecular weight excluding hydrogens is 224 g/mol. The van der Waals surface area contributed by atoms with Gasteiger partial charge in [0.15, 0.2) is 0 Å². The minimum Gasteiger partial charge on any atom is -0.481 e. The second-order valence-electron chi connectivity index (χ2n) is 3.81. The Morgan fingerprint density at radius 3 is 2.82 bits per heavy atom. The van der Waals surface area contributed by atoms with Gasteiger partial charge in [0, 0.05) is 19.3 Å². The van der Waals surface area contributed by atoms with Crippen molar-refractivity contribution < 1.29 is 19.4 Å². The van der Waals surface area contributed by atoms with Crippen molar-refractivity contribution in [1.82, 2.24) is 9.88 Å². The highest BCUT2D eigenvalue weighted by molar-refractivity contribution is 5.97. The molecule has 1 aliphatic heterocycles.